The van der Waals surface area contributed by atoms with Crippen LogP contribution < -0.4 is 0 Å². The van der Waals surface area contributed by atoms with E-state index in [1.54, 1.807) is 0 Å². The standard InChI is InChI=1S/C14H12O2.Pd/c15-14(16)13(11-7-3-1-4-8-11)12-9-5-2-6-10-12;/h1-10,13H,(H,15,16);/q;+2. The molecule has 2 rings (SSSR count). The number of carboxylic acids is 1. The Morgan fingerprint density at radius 2 is 1.18 bits per heavy atom. The van der Waals surface area contributed by atoms with Crippen molar-refractivity contribution in [2.45, 2.75) is 5.92 Å². The van der Waals surface area contributed by atoms with Gasteiger partial charge in [-0.3, -0.25) is 4.79 Å². The van der Waals surface area contributed by atoms with E-state index in [0.29, 0.717) is 0 Å². The Balaban J connectivity index is 0.00000144. The summed E-state index contributed by atoms with van der Waals surface area (Å²) in [4.78, 5) is 11.3. The van der Waals surface area contributed by atoms with E-state index in [0.717, 1.165) is 11.1 Å². The van der Waals surface area contributed by atoms with Gasteiger partial charge in [0, 0.05) is 0 Å². The molecule has 0 aromatic heterocycles. The molecular formula is C14H12O2Pd+2. The third-order valence-electron chi connectivity index (χ3n) is 2.51. The summed E-state index contributed by atoms with van der Waals surface area (Å²) in [5.74, 6) is -1.40. The Kier molecular flexibility index (Phi) is 5.09. The Morgan fingerprint density at radius 3 is 1.47 bits per heavy atom. The second kappa shape index (κ2) is 6.34. The second-order valence-corrected chi connectivity index (χ2v) is 3.59. The number of carbonyl (C=O) groups is 1. The molecule has 0 atom stereocenters. The van der Waals surface area contributed by atoms with Gasteiger partial charge in [-0.15, -0.1) is 0 Å². The molecule has 2 nitrogen and oxygen atoms in total. The van der Waals surface area contributed by atoms with Crippen LogP contribution in [0.15, 0.2) is 60.7 Å². The molecule has 0 saturated carbocycles. The zero-order chi connectivity index (χ0) is 11.4. The van der Waals surface area contributed by atoms with Crippen LogP contribution in [0.5, 0.6) is 0 Å². The van der Waals surface area contributed by atoms with Gasteiger partial charge in [0.15, 0.2) is 0 Å². The third kappa shape index (κ3) is 3.26. The largest absolute Gasteiger partial charge is 2.00 e. The zero-order valence-electron chi connectivity index (χ0n) is 9.02. The van der Waals surface area contributed by atoms with Crippen molar-refractivity contribution in [2.24, 2.45) is 0 Å². The quantitative estimate of drug-likeness (QED) is 0.884. The second-order valence-electron chi connectivity index (χ2n) is 3.59. The summed E-state index contributed by atoms with van der Waals surface area (Å²) in [6.45, 7) is 0. The Hall–Kier alpha value is -1.43. The summed E-state index contributed by atoms with van der Waals surface area (Å²) in [6.07, 6.45) is 0. The van der Waals surface area contributed by atoms with Crippen LogP contribution in [-0.4, -0.2) is 11.1 Å². The normalized spacial score (nSPS) is 9.71. The fraction of sp³-hybridized carbons (Fsp3) is 0.0714. The SMILES string of the molecule is O=C(O)C(c1ccccc1)c1ccccc1.[Pd+2]. The van der Waals surface area contributed by atoms with E-state index in [1.807, 2.05) is 60.7 Å². The third-order valence-corrected chi connectivity index (χ3v) is 2.51. The molecule has 0 fully saturated rings. The van der Waals surface area contributed by atoms with Gasteiger partial charge in [0.05, 0.1) is 0 Å². The predicted molar refractivity (Wildman–Crippen MR) is 62.4 cm³/mol. The monoisotopic (exact) mass is 318 g/mol. The van der Waals surface area contributed by atoms with Gasteiger partial charge in [-0.2, -0.15) is 0 Å². The first-order valence-corrected chi connectivity index (χ1v) is 5.12. The van der Waals surface area contributed by atoms with Gasteiger partial charge in [0.1, 0.15) is 5.92 Å². The predicted octanol–water partition coefficient (Wildman–Crippen LogP) is 2.90. The minimum absolute atomic E-state index is 0. The fourth-order valence-corrected chi connectivity index (χ4v) is 1.77. The van der Waals surface area contributed by atoms with E-state index in [1.165, 1.54) is 0 Å². The van der Waals surface area contributed by atoms with Gasteiger partial charge >= 0.3 is 26.4 Å². The van der Waals surface area contributed by atoms with Crippen molar-refractivity contribution in [2.75, 3.05) is 0 Å². The molecule has 17 heavy (non-hydrogen) atoms. The van der Waals surface area contributed by atoms with E-state index in [4.69, 9.17) is 0 Å². The van der Waals surface area contributed by atoms with Crippen LogP contribution in [0.25, 0.3) is 0 Å². The summed E-state index contributed by atoms with van der Waals surface area (Å²) in [7, 11) is 0. The molecule has 0 unspecified atom stereocenters. The average Bonchev–Trinajstić information content (AvgIpc) is 2.31. The summed E-state index contributed by atoms with van der Waals surface area (Å²) in [5, 5.41) is 9.28. The maximum Gasteiger partial charge on any atom is 2.00 e. The molecule has 0 amide bonds. The van der Waals surface area contributed by atoms with E-state index >= 15 is 0 Å². The number of benzene rings is 2. The number of hydrogen-bond donors (Lipinski definition) is 1. The van der Waals surface area contributed by atoms with Crippen molar-refractivity contribution in [3.63, 3.8) is 0 Å². The van der Waals surface area contributed by atoms with Crippen LogP contribution in [-0.2, 0) is 25.2 Å². The smallest absolute Gasteiger partial charge is 0.481 e. The number of aliphatic carboxylic acids is 1. The molecule has 88 valence electrons. The molecule has 1 N–H and O–H groups in total. The van der Waals surface area contributed by atoms with Crippen molar-refractivity contribution in [1.29, 1.82) is 0 Å². The molecule has 0 radical (unpaired) electrons. The molecule has 0 heterocycles. The van der Waals surface area contributed by atoms with Crippen molar-refractivity contribution in [3.8, 4) is 0 Å². The topological polar surface area (TPSA) is 37.3 Å². The van der Waals surface area contributed by atoms with Crippen LogP contribution in [0, 0.1) is 0 Å². The zero-order valence-corrected chi connectivity index (χ0v) is 10.6. The van der Waals surface area contributed by atoms with Gasteiger partial charge in [-0.1, -0.05) is 60.7 Å². The fourth-order valence-electron chi connectivity index (χ4n) is 1.77. The minimum atomic E-state index is -0.822. The van der Waals surface area contributed by atoms with E-state index < -0.39 is 11.9 Å². The van der Waals surface area contributed by atoms with Crippen molar-refractivity contribution in [3.05, 3.63) is 71.8 Å². The maximum absolute atomic E-state index is 11.3. The van der Waals surface area contributed by atoms with Crippen molar-refractivity contribution >= 4 is 5.97 Å². The van der Waals surface area contributed by atoms with Gasteiger partial charge < -0.3 is 5.11 Å². The van der Waals surface area contributed by atoms with Gasteiger partial charge in [0.25, 0.3) is 0 Å². The van der Waals surface area contributed by atoms with Crippen molar-refractivity contribution in [1.82, 2.24) is 0 Å². The minimum Gasteiger partial charge on any atom is -0.481 e. The van der Waals surface area contributed by atoms with Crippen LogP contribution in [0.3, 0.4) is 0 Å². The summed E-state index contributed by atoms with van der Waals surface area (Å²) >= 11 is 0. The van der Waals surface area contributed by atoms with Gasteiger partial charge in [-0.05, 0) is 11.1 Å². The van der Waals surface area contributed by atoms with Crippen LogP contribution >= 0.6 is 0 Å². The van der Waals surface area contributed by atoms with Crippen molar-refractivity contribution < 1.29 is 30.3 Å². The van der Waals surface area contributed by atoms with Crippen LogP contribution in [0.4, 0.5) is 0 Å². The van der Waals surface area contributed by atoms with Gasteiger partial charge in [0.2, 0.25) is 0 Å². The molecule has 0 aliphatic heterocycles. The summed E-state index contributed by atoms with van der Waals surface area (Å²) in [5.41, 5.74) is 1.61. The molecule has 0 spiro atoms. The molecule has 0 saturated heterocycles. The van der Waals surface area contributed by atoms with E-state index in [2.05, 4.69) is 0 Å². The number of hydrogen-bond acceptors (Lipinski definition) is 1. The molecule has 0 bridgehead atoms. The molecule has 0 aliphatic carbocycles. The Labute approximate surface area is 114 Å². The maximum atomic E-state index is 11.3. The summed E-state index contributed by atoms with van der Waals surface area (Å²) < 4.78 is 0. The number of rotatable bonds is 3. The first-order valence-electron chi connectivity index (χ1n) is 5.12. The molecule has 2 aromatic rings. The molecule has 2 aromatic carbocycles. The Morgan fingerprint density at radius 1 is 0.824 bits per heavy atom. The number of carboxylic acid groups (broad SMARTS) is 1. The molecule has 3 heteroatoms. The molecule has 0 aliphatic rings. The van der Waals surface area contributed by atoms with Crippen LogP contribution in [0.2, 0.25) is 0 Å². The first kappa shape index (κ1) is 13.6. The van der Waals surface area contributed by atoms with Gasteiger partial charge in [-0.25, -0.2) is 0 Å². The van der Waals surface area contributed by atoms with E-state index in [-0.39, 0.29) is 20.4 Å². The average molecular weight is 319 g/mol. The van der Waals surface area contributed by atoms with Crippen LogP contribution in [0.1, 0.15) is 17.0 Å². The van der Waals surface area contributed by atoms with E-state index in [9.17, 15) is 9.90 Å². The Bertz CT molecular complexity index is 429. The molecular weight excluding hydrogens is 307 g/mol. The summed E-state index contributed by atoms with van der Waals surface area (Å²) in [6, 6.07) is 18.5. The first-order chi connectivity index (χ1) is 7.79.